The molecule has 1 heterocycles. The normalized spacial score (nSPS) is 10.9. The third-order valence-corrected chi connectivity index (χ3v) is 5.05. The first-order chi connectivity index (χ1) is 14.8. The molecule has 164 valence electrons. The van der Waals surface area contributed by atoms with Gasteiger partial charge in [0.15, 0.2) is 11.6 Å². The number of benzene rings is 2. The molecule has 1 N–H and O–H groups in total. The molecule has 3 rings (SSSR count). The molecule has 0 aliphatic rings. The van der Waals surface area contributed by atoms with Gasteiger partial charge in [-0.15, -0.1) is 0 Å². The summed E-state index contributed by atoms with van der Waals surface area (Å²) < 4.78 is 26.4. The van der Waals surface area contributed by atoms with Crippen LogP contribution >= 0.6 is 11.6 Å². The molecule has 0 amide bonds. The quantitative estimate of drug-likeness (QED) is 0.529. The van der Waals surface area contributed by atoms with Crippen LogP contribution in [0.5, 0.6) is 5.75 Å². The second-order valence-electron chi connectivity index (χ2n) is 7.32. The van der Waals surface area contributed by atoms with E-state index in [1.54, 1.807) is 18.2 Å². The smallest absolute Gasteiger partial charge is 0.231 e. The van der Waals surface area contributed by atoms with Crippen molar-refractivity contribution >= 4 is 23.5 Å². The van der Waals surface area contributed by atoms with Gasteiger partial charge in [0.2, 0.25) is 17.2 Å². The fourth-order valence-corrected chi connectivity index (χ4v) is 3.20. The molecular formula is C22H24ClF2N5O. The van der Waals surface area contributed by atoms with Crippen LogP contribution in [0.1, 0.15) is 17.5 Å². The Kier molecular flexibility index (Phi) is 7.57. The Morgan fingerprint density at radius 2 is 1.42 bits per heavy atom. The summed E-state index contributed by atoms with van der Waals surface area (Å²) in [5.41, 5.74) is 1.81. The largest absolute Gasteiger partial charge is 0.508 e. The fraction of sp³-hybridized carbons (Fsp3) is 0.318. The number of hydrogen-bond acceptors (Lipinski definition) is 6. The summed E-state index contributed by atoms with van der Waals surface area (Å²) in [6.07, 6.45) is 2.05. The van der Waals surface area contributed by atoms with Crippen molar-refractivity contribution in [2.45, 2.75) is 19.3 Å². The number of phenolic OH excluding ortho intramolecular Hbond substituents is 1. The maximum atomic E-state index is 13.3. The van der Waals surface area contributed by atoms with Crippen LogP contribution in [0.2, 0.25) is 5.28 Å². The van der Waals surface area contributed by atoms with Gasteiger partial charge in [0.05, 0.1) is 0 Å². The first-order valence-corrected chi connectivity index (χ1v) is 10.3. The SMILES string of the molecule is CN(CCCc1ccc(F)c(F)c1)c1nc(Cl)nc(N(C)CCc2ccc(O)cc2)n1. The molecule has 3 aromatic rings. The molecule has 31 heavy (non-hydrogen) atoms. The van der Waals surface area contributed by atoms with Crippen molar-refractivity contribution in [1.29, 1.82) is 0 Å². The average Bonchev–Trinajstić information content (AvgIpc) is 2.75. The van der Waals surface area contributed by atoms with Crippen LogP contribution in [-0.2, 0) is 12.8 Å². The zero-order chi connectivity index (χ0) is 22.4. The molecular weight excluding hydrogens is 424 g/mol. The van der Waals surface area contributed by atoms with E-state index in [1.165, 1.54) is 6.07 Å². The van der Waals surface area contributed by atoms with Gasteiger partial charge >= 0.3 is 0 Å². The molecule has 0 saturated carbocycles. The van der Waals surface area contributed by atoms with Crippen molar-refractivity contribution in [3.63, 3.8) is 0 Å². The Hall–Kier alpha value is -3.00. The minimum atomic E-state index is -0.845. The van der Waals surface area contributed by atoms with Gasteiger partial charge in [-0.25, -0.2) is 8.78 Å². The van der Waals surface area contributed by atoms with E-state index in [-0.39, 0.29) is 11.0 Å². The summed E-state index contributed by atoms with van der Waals surface area (Å²) in [4.78, 5) is 16.7. The number of likely N-dealkylation sites (N-methyl/N-ethyl adjacent to an activating group) is 1. The van der Waals surface area contributed by atoms with Gasteiger partial charge in [0.1, 0.15) is 5.75 Å². The minimum Gasteiger partial charge on any atom is -0.508 e. The van der Waals surface area contributed by atoms with Gasteiger partial charge in [-0.3, -0.25) is 0 Å². The van der Waals surface area contributed by atoms with Gasteiger partial charge < -0.3 is 14.9 Å². The molecule has 0 spiro atoms. The third kappa shape index (κ3) is 6.49. The topological polar surface area (TPSA) is 65.4 Å². The van der Waals surface area contributed by atoms with Gasteiger partial charge in [-0.1, -0.05) is 18.2 Å². The highest BCUT2D eigenvalue weighted by Gasteiger charge is 2.13. The summed E-state index contributed by atoms with van der Waals surface area (Å²) in [7, 11) is 3.72. The van der Waals surface area contributed by atoms with E-state index < -0.39 is 11.6 Å². The van der Waals surface area contributed by atoms with Crippen LogP contribution in [0, 0.1) is 11.6 Å². The van der Waals surface area contributed by atoms with Crippen molar-refractivity contribution in [1.82, 2.24) is 15.0 Å². The van der Waals surface area contributed by atoms with Crippen LogP contribution in [-0.4, -0.2) is 47.2 Å². The maximum Gasteiger partial charge on any atom is 0.231 e. The Morgan fingerprint density at radius 3 is 2.06 bits per heavy atom. The average molecular weight is 448 g/mol. The first-order valence-electron chi connectivity index (χ1n) is 9.87. The lowest BCUT2D eigenvalue weighted by Crippen LogP contribution is -2.26. The zero-order valence-electron chi connectivity index (χ0n) is 17.4. The van der Waals surface area contributed by atoms with E-state index >= 15 is 0 Å². The van der Waals surface area contributed by atoms with Crippen LogP contribution in [0.4, 0.5) is 20.7 Å². The Labute approximate surface area is 185 Å². The molecule has 0 radical (unpaired) electrons. The summed E-state index contributed by atoms with van der Waals surface area (Å²) >= 11 is 6.11. The summed E-state index contributed by atoms with van der Waals surface area (Å²) in [5, 5.41) is 9.49. The molecule has 9 heteroatoms. The number of aryl methyl sites for hydroxylation is 1. The van der Waals surface area contributed by atoms with Crippen LogP contribution in [0.15, 0.2) is 42.5 Å². The number of hydrogen-bond donors (Lipinski definition) is 1. The summed E-state index contributed by atoms with van der Waals surface area (Å²) in [5.74, 6) is -0.547. The van der Waals surface area contributed by atoms with Crippen molar-refractivity contribution in [3.05, 3.63) is 70.5 Å². The van der Waals surface area contributed by atoms with E-state index in [0.717, 1.165) is 23.6 Å². The highest BCUT2D eigenvalue weighted by molar-refractivity contribution is 6.28. The number of halogens is 3. The summed E-state index contributed by atoms with van der Waals surface area (Å²) in [6.45, 7) is 1.26. The number of aromatic hydroxyl groups is 1. The standard InChI is InChI=1S/C22H24ClF2N5O/c1-29(12-3-4-16-7-10-18(24)19(25)14-16)21-26-20(23)27-22(28-21)30(2)13-11-15-5-8-17(31)9-6-15/h5-10,14,31H,3-4,11-13H2,1-2H3. The van der Waals surface area contributed by atoms with Gasteiger partial charge in [-0.2, -0.15) is 15.0 Å². The van der Waals surface area contributed by atoms with Crippen molar-refractivity contribution < 1.29 is 13.9 Å². The van der Waals surface area contributed by atoms with E-state index in [9.17, 15) is 13.9 Å². The molecule has 1 aromatic heterocycles. The summed E-state index contributed by atoms with van der Waals surface area (Å²) in [6, 6.07) is 11.0. The molecule has 0 aliphatic carbocycles. The predicted molar refractivity (Wildman–Crippen MR) is 118 cm³/mol. The van der Waals surface area contributed by atoms with Crippen LogP contribution in [0.25, 0.3) is 0 Å². The Balaban J connectivity index is 1.58. The molecule has 0 fully saturated rings. The molecule has 0 atom stereocenters. The monoisotopic (exact) mass is 447 g/mol. The number of anilines is 2. The highest BCUT2D eigenvalue weighted by Crippen LogP contribution is 2.17. The van der Waals surface area contributed by atoms with Gasteiger partial charge in [0, 0.05) is 27.2 Å². The lowest BCUT2D eigenvalue weighted by molar-refractivity contribution is 0.475. The van der Waals surface area contributed by atoms with Crippen LogP contribution < -0.4 is 9.80 Å². The van der Waals surface area contributed by atoms with Crippen molar-refractivity contribution in [2.24, 2.45) is 0 Å². The van der Waals surface area contributed by atoms with E-state index in [2.05, 4.69) is 15.0 Å². The molecule has 0 unspecified atom stereocenters. The Bertz CT molecular complexity index is 1020. The number of phenols is 1. The number of nitrogens with zero attached hydrogens (tertiary/aromatic N) is 5. The molecule has 0 saturated heterocycles. The Morgan fingerprint density at radius 1 is 0.806 bits per heavy atom. The second kappa shape index (κ2) is 10.3. The predicted octanol–water partition coefficient (Wildman–Crippen LogP) is 4.26. The highest BCUT2D eigenvalue weighted by atomic mass is 35.5. The van der Waals surface area contributed by atoms with Gasteiger partial charge in [0.25, 0.3) is 0 Å². The van der Waals surface area contributed by atoms with E-state index in [0.29, 0.717) is 37.8 Å². The van der Waals surface area contributed by atoms with Crippen molar-refractivity contribution in [3.8, 4) is 5.75 Å². The molecule has 0 bridgehead atoms. The molecule has 6 nitrogen and oxygen atoms in total. The second-order valence-corrected chi connectivity index (χ2v) is 7.65. The lowest BCUT2D eigenvalue weighted by Gasteiger charge is -2.21. The molecule has 2 aromatic carbocycles. The molecule has 0 aliphatic heterocycles. The van der Waals surface area contributed by atoms with E-state index in [4.69, 9.17) is 11.6 Å². The zero-order valence-corrected chi connectivity index (χ0v) is 18.2. The maximum absolute atomic E-state index is 13.3. The lowest BCUT2D eigenvalue weighted by atomic mass is 10.1. The first kappa shape index (κ1) is 22.7. The minimum absolute atomic E-state index is 0.101. The number of rotatable bonds is 9. The van der Waals surface area contributed by atoms with Crippen molar-refractivity contribution in [2.75, 3.05) is 37.0 Å². The van der Waals surface area contributed by atoms with Crippen LogP contribution in [0.3, 0.4) is 0 Å². The number of aromatic nitrogens is 3. The third-order valence-electron chi connectivity index (χ3n) is 4.88. The fourth-order valence-electron chi connectivity index (χ4n) is 3.05. The van der Waals surface area contributed by atoms with E-state index in [1.807, 2.05) is 36.0 Å². The van der Waals surface area contributed by atoms with Gasteiger partial charge in [-0.05, 0) is 66.3 Å².